The zero-order chi connectivity index (χ0) is 18.3. The first-order valence-electron chi connectivity index (χ1n) is 7.52. The predicted octanol–water partition coefficient (Wildman–Crippen LogP) is 4.54. The molecule has 0 fully saturated rings. The van der Waals surface area contributed by atoms with E-state index in [1.807, 2.05) is 91.0 Å². The Labute approximate surface area is 153 Å². The fourth-order valence-corrected chi connectivity index (χ4v) is 1.87. The highest BCUT2D eigenvalue weighted by atomic mass is 31.1. The molecule has 1 unspecified atom stereocenters. The van der Waals surface area contributed by atoms with E-state index in [0.717, 1.165) is 16.9 Å². The van der Waals surface area contributed by atoms with Gasteiger partial charge in [0.05, 0.1) is 0 Å². The lowest BCUT2D eigenvalue weighted by Crippen LogP contribution is -1.83. The molecule has 3 aromatic carbocycles. The molecule has 26 heavy (non-hydrogen) atoms. The molecule has 138 valence electrons. The van der Waals surface area contributed by atoms with Crippen molar-refractivity contribution < 1.29 is 18.7 Å². The van der Waals surface area contributed by atoms with E-state index in [2.05, 4.69) is 4.52 Å². The molecule has 3 aromatic rings. The molecule has 0 aliphatic carbocycles. The average molecular weight is 377 g/mol. The molecule has 0 spiro atoms. The molecule has 0 heterocycles. The van der Waals surface area contributed by atoms with Crippen molar-refractivity contribution in [1.82, 2.24) is 0 Å². The van der Waals surface area contributed by atoms with Gasteiger partial charge in [-0.05, 0) is 29.8 Å². The van der Waals surface area contributed by atoms with Crippen LogP contribution in [0.3, 0.4) is 0 Å². The van der Waals surface area contributed by atoms with Gasteiger partial charge in [0.25, 0.3) is 0 Å². The van der Waals surface area contributed by atoms with Crippen molar-refractivity contribution >= 4 is 19.6 Å². The van der Waals surface area contributed by atoms with E-state index < -0.39 is 8.25 Å². The van der Waals surface area contributed by atoms with Crippen molar-refractivity contribution in [3.63, 3.8) is 0 Å². The van der Waals surface area contributed by atoms with Gasteiger partial charge in [-0.3, -0.25) is 4.70 Å². The van der Waals surface area contributed by atoms with Crippen LogP contribution < -0.4 is 11.5 Å². The van der Waals surface area contributed by atoms with Crippen LogP contribution in [0.2, 0.25) is 0 Å². The Balaban J connectivity index is 0.000000368. The predicted molar refractivity (Wildman–Crippen MR) is 105 cm³/mol. The molecule has 0 aliphatic rings. The van der Waals surface area contributed by atoms with Gasteiger partial charge in [0.1, 0.15) is 6.61 Å². The van der Waals surface area contributed by atoms with Crippen LogP contribution in [0.1, 0.15) is 5.56 Å². The van der Waals surface area contributed by atoms with Crippen LogP contribution in [0.5, 0.6) is 0 Å². The number of nitrogen functional groups attached to an aromatic ring is 2. The van der Waals surface area contributed by atoms with Crippen LogP contribution >= 0.6 is 8.25 Å². The molecule has 3 rings (SSSR count). The number of anilines is 2. The summed E-state index contributed by atoms with van der Waals surface area (Å²) in [5.74, 6) is 0. The summed E-state index contributed by atoms with van der Waals surface area (Å²) in [5, 5.41) is 0. The van der Waals surface area contributed by atoms with E-state index >= 15 is 0 Å². The summed E-state index contributed by atoms with van der Waals surface area (Å²) in [6, 6.07) is 28.2. The van der Waals surface area contributed by atoms with Crippen molar-refractivity contribution in [2.75, 3.05) is 11.5 Å². The van der Waals surface area contributed by atoms with Gasteiger partial charge in [-0.15, -0.1) is 9.42 Å². The van der Waals surface area contributed by atoms with E-state index in [4.69, 9.17) is 16.4 Å². The van der Waals surface area contributed by atoms with Gasteiger partial charge in [-0.25, -0.2) is 0 Å². The minimum absolute atomic E-state index is 0. The second-order valence-corrected chi connectivity index (χ2v) is 5.55. The van der Waals surface area contributed by atoms with Crippen LogP contribution in [-0.4, -0.2) is 4.89 Å². The standard InChI is InChI=1S/C7H7O3P.2C6H7N.FH/c8-11(9)10-6-7-4-2-1-3-5-7;2*7-6-4-2-1-3-5-6;/h1-5H,6H2;2*1-5H,7H2;1H/p+1. The number of benzene rings is 3. The summed E-state index contributed by atoms with van der Waals surface area (Å²) >= 11 is 0. The molecule has 0 aromatic heterocycles. The first kappa shape index (κ1) is 23.2. The quantitative estimate of drug-likeness (QED) is 0.460. The zero-order valence-corrected chi connectivity index (χ0v) is 15.0. The highest BCUT2D eigenvalue weighted by Crippen LogP contribution is 2.17. The van der Waals surface area contributed by atoms with E-state index in [1.54, 1.807) is 0 Å². The van der Waals surface area contributed by atoms with Crippen molar-refractivity contribution in [2.45, 2.75) is 6.61 Å². The zero-order valence-electron chi connectivity index (χ0n) is 14.1. The Kier molecular flexibility index (Phi) is 13.0. The van der Waals surface area contributed by atoms with Crippen LogP contribution in [0, 0.1) is 0 Å². The third-order valence-corrected chi connectivity index (χ3v) is 3.13. The molecule has 0 aliphatic heterocycles. The first-order chi connectivity index (χ1) is 12.1. The van der Waals surface area contributed by atoms with Crippen molar-refractivity contribution in [1.29, 1.82) is 0 Å². The van der Waals surface area contributed by atoms with Gasteiger partial charge in [0, 0.05) is 15.9 Å². The molecule has 0 saturated carbocycles. The van der Waals surface area contributed by atoms with E-state index in [1.165, 1.54) is 0 Å². The maximum Gasteiger partial charge on any atom is 0.695 e. The molecular weight excluding hydrogens is 354 g/mol. The Morgan fingerprint density at radius 3 is 1.35 bits per heavy atom. The third-order valence-electron chi connectivity index (χ3n) is 2.78. The maximum absolute atomic E-state index is 10.1. The first-order valence-corrected chi connectivity index (χ1v) is 8.65. The van der Waals surface area contributed by atoms with E-state index in [-0.39, 0.29) is 11.3 Å². The maximum atomic E-state index is 10.1. The number of hydrogen-bond acceptors (Lipinski definition) is 4. The second-order valence-electron chi connectivity index (χ2n) is 4.82. The monoisotopic (exact) mass is 377 g/mol. The van der Waals surface area contributed by atoms with Gasteiger partial charge >= 0.3 is 8.25 Å². The van der Waals surface area contributed by atoms with Gasteiger partial charge in [0.2, 0.25) is 0 Å². The largest absolute Gasteiger partial charge is 0.695 e. The normalized spacial score (nSPS) is 9.35. The third kappa shape index (κ3) is 12.6. The van der Waals surface area contributed by atoms with E-state index in [9.17, 15) is 4.57 Å². The molecular formula is C19H23FN2O3P+. The van der Waals surface area contributed by atoms with Gasteiger partial charge in [0.15, 0.2) is 0 Å². The Bertz CT molecular complexity index is 679. The van der Waals surface area contributed by atoms with Gasteiger partial charge < -0.3 is 11.5 Å². The molecule has 5 nitrogen and oxygen atoms in total. The lowest BCUT2D eigenvalue weighted by atomic mass is 10.2. The fraction of sp³-hybridized carbons (Fsp3) is 0.0526. The Morgan fingerprint density at radius 1 is 0.731 bits per heavy atom. The fourth-order valence-electron chi connectivity index (χ4n) is 1.61. The molecule has 0 saturated heterocycles. The smallest absolute Gasteiger partial charge is 0.399 e. The molecule has 0 amide bonds. The van der Waals surface area contributed by atoms with Crippen molar-refractivity contribution in [2.24, 2.45) is 0 Å². The summed E-state index contributed by atoms with van der Waals surface area (Å²) in [6.45, 7) is 0.187. The van der Waals surface area contributed by atoms with Crippen LogP contribution in [0.4, 0.5) is 16.1 Å². The number of para-hydroxylation sites is 2. The highest BCUT2D eigenvalue weighted by Gasteiger charge is 2.10. The lowest BCUT2D eigenvalue weighted by molar-refractivity contribution is 0.272. The van der Waals surface area contributed by atoms with Crippen LogP contribution in [0.15, 0.2) is 91.0 Å². The number of halogens is 1. The minimum atomic E-state index is -2.47. The summed E-state index contributed by atoms with van der Waals surface area (Å²) in [7, 11) is -2.47. The molecule has 5 N–H and O–H groups in total. The summed E-state index contributed by atoms with van der Waals surface area (Å²) in [4.78, 5) is 8.30. The van der Waals surface area contributed by atoms with Gasteiger partial charge in [-0.2, -0.15) is 0 Å². The summed E-state index contributed by atoms with van der Waals surface area (Å²) in [5.41, 5.74) is 13.3. The SMILES string of the molecule is F.Nc1ccccc1.Nc1ccccc1.O=[P+](O)OCc1ccccc1. The van der Waals surface area contributed by atoms with Crippen molar-refractivity contribution in [3.8, 4) is 0 Å². The number of nitrogens with two attached hydrogens (primary N) is 2. The lowest BCUT2D eigenvalue weighted by Gasteiger charge is -1.90. The molecule has 0 bridgehead atoms. The average Bonchev–Trinajstić information content (AvgIpc) is 2.63. The Morgan fingerprint density at radius 2 is 1.08 bits per heavy atom. The Hall–Kier alpha value is -2.79. The van der Waals surface area contributed by atoms with E-state index in [0.29, 0.717) is 0 Å². The van der Waals surface area contributed by atoms with Crippen LogP contribution in [-0.2, 0) is 15.7 Å². The van der Waals surface area contributed by atoms with Crippen LogP contribution in [0.25, 0.3) is 0 Å². The minimum Gasteiger partial charge on any atom is -0.399 e. The highest BCUT2D eigenvalue weighted by molar-refractivity contribution is 7.32. The van der Waals surface area contributed by atoms with Crippen molar-refractivity contribution in [3.05, 3.63) is 96.6 Å². The molecule has 1 atom stereocenters. The van der Waals surface area contributed by atoms with Gasteiger partial charge in [-0.1, -0.05) is 66.7 Å². The molecule has 0 radical (unpaired) electrons. The second kappa shape index (κ2) is 14.5. The number of hydrogen-bond donors (Lipinski definition) is 3. The molecule has 7 heteroatoms. The number of rotatable bonds is 3. The topological polar surface area (TPSA) is 98.6 Å². The summed E-state index contributed by atoms with van der Waals surface area (Å²) in [6.07, 6.45) is 0. The summed E-state index contributed by atoms with van der Waals surface area (Å²) < 4.78 is 14.6.